The van der Waals surface area contributed by atoms with Crippen molar-refractivity contribution in [2.45, 2.75) is 0 Å². The van der Waals surface area contributed by atoms with Gasteiger partial charge in [-0.3, -0.25) is 8.80 Å². The van der Waals surface area contributed by atoms with Crippen molar-refractivity contribution in [1.29, 1.82) is 0 Å². The third-order valence-electron chi connectivity index (χ3n) is 5.36. The molecule has 1 aromatic carbocycles. The van der Waals surface area contributed by atoms with Crippen LogP contribution in [0.4, 0.5) is 11.4 Å². The van der Waals surface area contributed by atoms with Gasteiger partial charge in [0.25, 0.3) is 0 Å². The van der Waals surface area contributed by atoms with Crippen LogP contribution >= 0.6 is 0 Å². The Morgan fingerprint density at radius 2 is 1.90 bits per heavy atom. The van der Waals surface area contributed by atoms with Gasteiger partial charge in [-0.2, -0.15) is 5.10 Å². The highest BCUT2D eigenvalue weighted by atomic mass is 16.5. The van der Waals surface area contributed by atoms with Crippen molar-refractivity contribution in [2.75, 3.05) is 18.1 Å². The average Bonchev–Trinajstić information content (AvgIpc) is 3.33. The van der Waals surface area contributed by atoms with Gasteiger partial charge in [0, 0.05) is 36.8 Å². The first-order valence-corrected chi connectivity index (χ1v) is 9.59. The number of benzene rings is 1. The molecule has 1 aliphatic heterocycles. The Labute approximate surface area is 170 Å². The molecule has 0 atom stereocenters. The fraction of sp³-hybridized carbons (Fsp3) is 0.143. The number of rotatable bonds is 2. The molecule has 0 N–H and O–H groups in total. The van der Waals surface area contributed by atoms with E-state index < -0.39 is 0 Å². The van der Waals surface area contributed by atoms with Gasteiger partial charge >= 0.3 is 5.69 Å². The number of hydrogen-bond donors (Lipinski definition) is 0. The fourth-order valence-corrected chi connectivity index (χ4v) is 3.90. The molecule has 9 heteroatoms. The van der Waals surface area contributed by atoms with Gasteiger partial charge in [-0.05, 0) is 36.4 Å². The summed E-state index contributed by atoms with van der Waals surface area (Å²) in [6, 6.07) is 15.7. The van der Waals surface area contributed by atoms with Crippen molar-refractivity contribution in [3.63, 3.8) is 0 Å². The van der Waals surface area contributed by atoms with Crippen LogP contribution < -0.4 is 15.3 Å². The number of hydrogen-bond acceptors (Lipinski definition) is 6. The molecule has 30 heavy (non-hydrogen) atoms. The average molecular weight is 399 g/mol. The molecular formula is C21H17N7O2. The van der Waals surface area contributed by atoms with E-state index in [1.54, 1.807) is 13.2 Å². The Kier molecular flexibility index (Phi) is 3.46. The summed E-state index contributed by atoms with van der Waals surface area (Å²) < 4.78 is 10.8. The second-order valence-electron chi connectivity index (χ2n) is 7.15. The molecule has 0 unspecified atom stereocenters. The maximum absolute atomic E-state index is 12.1. The summed E-state index contributed by atoms with van der Waals surface area (Å²) in [4.78, 5) is 14.2. The molecule has 9 nitrogen and oxygen atoms in total. The zero-order chi connectivity index (χ0) is 20.2. The largest absolute Gasteiger partial charge is 0.490 e. The van der Waals surface area contributed by atoms with E-state index in [1.807, 2.05) is 59.1 Å². The predicted octanol–water partition coefficient (Wildman–Crippen LogP) is 2.27. The summed E-state index contributed by atoms with van der Waals surface area (Å²) in [6.07, 6.45) is 3.70. The van der Waals surface area contributed by atoms with Gasteiger partial charge in [0.05, 0.1) is 12.2 Å². The Bertz CT molecular complexity index is 1480. The number of aryl methyl sites for hydroxylation is 1. The van der Waals surface area contributed by atoms with Crippen molar-refractivity contribution in [1.82, 2.24) is 28.8 Å². The third-order valence-corrected chi connectivity index (χ3v) is 5.36. The molecule has 0 radical (unpaired) electrons. The normalized spacial score (nSPS) is 13.6. The number of ether oxygens (including phenoxy) is 1. The zero-order valence-electron chi connectivity index (χ0n) is 16.1. The maximum atomic E-state index is 12.1. The molecule has 0 saturated heterocycles. The molecular weight excluding hydrogens is 382 g/mol. The first kappa shape index (κ1) is 16.8. The Balaban J connectivity index is 1.43. The lowest BCUT2D eigenvalue weighted by Gasteiger charge is -2.31. The van der Waals surface area contributed by atoms with Crippen LogP contribution in [0.2, 0.25) is 0 Å². The van der Waals surface area contributed by atoms with Crippen LogP contribution in [0.15, 0.2) is 65.7 Å². The first-order valence-electron chi connectivity index (χ1n) is 9.59. The van der Waals surface area contributed by atoms with E-state index in [1.165, 1.54) is 9.08 Å². The van der Waals surface area contributed by atoms with E-state index in [4.69, 9.17) is 4.74 Å². The van der Waals surface area contributed by atoms with E-state index in [0.717, 1.165) is 34.2 Å². The van der Waals surface area contributed by atoms with Crippen molar-refractivity contribution in [3.05, 3.63) is 71.4 Å². The second kappa shape index (κ2) is 6.18. The molecule has 5 aromatic rings. The van der Waals surface area contributed by atoms with Gasteiger partial charge in [-0.25, -0.2) is 9.48 Å². The number of fused-ring (bicyclic) bond motifs is 3. The zero-order valence-corrected chi connectivity index (χ0v) is 16.1. The van der Waals surface area contributed by atoms with E-state index in [-0.39, 0.29) is 5.69 Å². The maximum Gasteiger partial charge on any atom is 0.350 e. The number of pyridine rings is 2. The minimum Gasteiger partial charge on any atom is -0.490 e. The predicted molar refractivity (Wildman–Crippen MR) is 111 cm³/mol. The standard InChI is InChI=1S/C21H17N7O2/c1-25-21(29)28-9-7-15(13-19(28)24-25)26-10-11-30-17-12-14(5-6-16(17)26)20-23-22-18-4-2-3-8-27(18)20/h2-9,12-13H,10-11H2,1H3. The Morgan fingerprint density at radius 3 is 2.83 bits per heavy atom. The molecule has 4 aromatic heterocycles. The minimum atomic E-state index is -0.163. The van der Waals surface area contributed by atoms with Crippen molar-refractivity contribution < 1.29 is 4.74 Å². The number of anilines is 2. The monoisotopic (exact) mass is 399 g/mol. The molecule has 0 saturated carbocycles. The van der Waals surface area contributed by atoms with Gasteiger partial charge in [-0.15, -0.1) is 10.2 Å². The van der Waals surface area contributed by atoms with Crippen molar-refractivity contribution >= 4 is 22.7 Å². The molecule has 0 fully saturated rings. The minimum absolute atomic E-state index is 0.163. The number of aromatic nitrogens is 6. The number of nitrogens with zero attached hydrogens (tertiary/aromatic N) is 7. The summed E-state index contributed by atoms with van der Waals surface area (Å²) in [5.74, 6) is 1.55. The van der Waals surface area contributed by atoms with Crippen LogP contribution in [-0.4, -0.2) is 41.9 Å². The highest BCUT2D eigenvalue weighted by Crippen LogP contribution is 2.39. The van der Waals surface area contributed by atoms with Crippen molar-refractivity contribution in [3.8, 4) is 17.1 Å². The Hall–Kier alpha value is -4.14. The first-order chi connectivity index (χ1) is 14.7. The Morgan fingerprint density at radius 1 is 0.967 bits per heavy atom. The summed E-state index contributed by atoms with van der Waals surface area (Å²) in [6.45, 7) is 1.25. The fourth-order valence-electron chi connectivity index (χ4n) is 3.90. The van der Waals surface area contributed by atoms with Gasteiger partial charge in [0.15, 0.2) is 17.1 Å². The molecule has 0 amide bonds. The van der Waals surface area contributed by atoms with Crippen LogP contribution in [0.5, 0.6) is 5.75 Å². The molecule has 0 aliphatic carbocycles. The smallest absolute Gasteiger partial charge is 0.350 e. The van der Waals surface area contributed by atoms with Crippen LogP contribution in [0.3, 0.4) is 0 Å². The van der Waals surface area contributed by atoms with Gasteiger partial charge in [-0.1, -0.05) is 6.07 Å². The molecule has 5 heterocycles. The van der Waals surface area contributed by atoms with Crippen LogP contribution in [0, 0.1) is 0 Å². The molecule has 1 aliphatic rings. The summed E-state index contributed by atoms with van der Waals surface area (Å²) in [5.41, 5.74) is 4.09. The lowest BCUT2D eigenvalue weighted by Crippen LogP contribution is -2.28. The molecule has 6 rings (SSSR count). The van der Waals surface area contributed by atoms with E-state index >= 15 is 0 Å². The summed E-state index contributed by atoms with van der Waals surface area (Å²) in [7, 11) is 1.65. The quantitative estimate of drug-likeness (QED) is 0.453. The van der Waals surface area contributed by atoms with Gasteiger partial charge < -0.3 is 9.64 Å². The van der Waals surface area contributed by atoms with Crippen molar-refractivity contribution in [2.24, 2.45) is 7.05 Å². The van der Waals surface area contributed by atoms with Gasteiger partial charge in [0.1, 0.15) is 12.4 Å². The third kappa shape index (κ3) is 2.41. The SMILES string of the molecule is Cn1nc2cc(N3CCOc4cc(-c5nnc6ccccn56)ccc43)ccn2c1=O. The van der Waals surface area contributed by atoms with Crippen LogP contribution in [0.1, 0.15) is 0 Å². The van der Waals surface area contributed by atoms with E-state index in [9.17, 15) is 4.79 Å². The summed E-state index contributed by atoms with van der Waals surface area (Å²) >= 11 is 0. The molecule has 148 valence electrons. The highest BCUT2D eigenvalue weighted by Gasteiger charge is 2.22. The van der Waals surface area contributed by atoms with E-state index in [2.05, 4.69) is 20.2 Å². The lowest BCUT2D eigenvalue weighted by molar-refractivity contribution is 0.314. The van der Waals surface area contributed by atoms with Crippen LogP contribution in [0.25, 0.3) is 22.7 Å². The lowest BCUT2D eigenvalue weighted by atomic mass is 10.1. The van der Waals surface area contributed by atoms with Crippen LogP contribution in [-0.2, 0) is 7.05 Å². The second-order valence-corrected chi connectivity index (χ2v) is 7.15. The molecule has 0 bridgehead atoms. The summed E-state index contributed by atoms with van der Waals surface area (Å²) in [5, 5.41) is 12.9. The van der Waals surface area contributed by atoms with E-state index in [0.29, 0.717) is 18.8 Å². The van der Waals surface area contributed by atoms with Gasteiger partial charge in [0.2, 0.25) is 0 Å². The topological polar surface area (TPSA) is 82.0 Å². The highest BCUT2D eigenvalue weighted by molar-refractivity contribution is 5.76. The molecule has 0 spiro atoms.